The molecule has 1 aromatic rings. The lowest BCUT2D eigenvalue weighted by Crippen LogP contribution is -2.43. The predicted molar refractivity (Wildman–Crippen MR) is 110 cm³/mol. The number of rotatable bonds is 6. The second kappa shape index (κ2) is 11.0. The summed E-state index contributed by atoms with van der Waals surface area (Å²) < 4.78 is 5.33. The van der Waals surface area contributed by atoms with Crippen LogP contribution in [0.1, 0.15) is 29.5 Å². The van der Waals surface area contributed by atoms with Gasteiger partial charge in [-0.2, -0.15) is 0 Å². The highest BCUT2D eigenvalue weighted by Gasteiger charge is 2.08. The summed E-state index contributed by atoms with van der Waals surface area (Å²) in [6, 6.07) is 4.76. The van der Waals surface area contributed by atoms with Gasteiger partial charge in [-0.15, -0.1) is 35.3 Å². The first-order chi connectivity index (χ1) is 10.7. The molecule has 0 saturated heterocycles. The van der Waals surface area contributed by atoms with E-state index in [1.165, 1.54) is 15.3 Å². The molecule has 1 aliphatic rings. The first-order valence-corrected chi connectivity index (χ1v) is 8.77. The van der Waals surface area contributed by atoms with Gasteiger partial charge in [-0.3, -0.25) is 4.99 Å². The van der Waals surface area contributed by atoms with Crippen LogP contribution in [-0.2, 0) is 11.2 Å². The molecular weight excluding hydrogens is 421 g/mol. The molecule has 2 N–H and O–H groups in total. The third-order valence-electron chi connectivity index (χ3n) is 3.71. The van der Waals surface area contributed by atoms with E-state index < -0.39 is 0 Å². The van der Waals surface area contributed by atoms with Crippen molar-refractivity contribution in [1.82, 2.24) is 10.6 Å². The molecule has 0 bridgehead atoms. The van der Waals surface area contributed by atoms with Crippen LogP contribution in [0.3, 0.4) is 0 Å². The molecule has 0 amide bonds. The van der Waals surface area contributed by atoms with Gasteiger partial charge >= 0.3 is 0 Å². The maximum atomic E-state index is 5.33. The van der Waals surface area contributed by atoms with Gasteiger partial charge in [-0.05, 0) is 38.8 Å². The van der Waals surface area contributed by atoms with Crippen LogP contribution in [-0.4, -0.2) is 38.8 Å². The lowest BCUT2D eigenvalue weighted by molar-refractivity contribution is 0.153. The molecule has 1 aliphatic heterocycles. The SMILES string of the molecule is CN=C(NCCC1=CCOCC1)NC(C)Cc1ccc(C)s1.I. The van der Waals surface area contributed by atoms with Crippen molar-refractivity contribution >= 4 is 41.3 Å². The molecular formula is C17H28IN3OS. The van der Waals surface area contributed by atoms with Crippen molar-refractivity contribution in [3.8, 4) is 0 Å². The van der Waals surface area contributed by atoms with E-state index in [-0.39, 0.29) is 24.0 Å². The number of nitrogens with zero attached hydrogens (tertiary/aromatic N) is 1. The molecule has 2 rings (SSSR count). The Hall–Kier alpha value is -0.600. The van der Waals surface area contributed by atoms with Crippen LogP contribution in [0.15, 0.2) is 28.8 Å². The number of hydrogen-bond acceptors (Lipinski definition) is 3. The fraction of sp³-hybridized carbons (Fsp3) is 0.588. The molecule has 6 heteroatoms. The summed E-state index contributed by atoms with van der Waals surface area (Å²) in [6.45, 7) is 6.88. The molecule has 130 valence electrons. The van der Waals surface area contributed by atoms with E-state index in [2.05, 4.69) is 47.7 Å². The highest BCUT2D eigenvalue weighted by atomic mass is 127. The van der Waals surface area contributed by atoms with Gasteiger partial charge < -0.3 is 15.4 Å². The Morgan fingerprint density at radius 3 is 2.87 bits per heavy atom. The van der Waals surface area contributed by atoms with E-state index >= 15 is 0 Å². The Balaban J connectivity index is 0.00000264. The van der Waals surface area contributed by atoms with Gasteiger partial charge in [0.25, 0.3) is 0 Å². The van der Waals surface area contributed by atoms with Crippen LogP contribution >= 0.6 is 35.3 Å². The van der Waals surface area contributed by atoms with Crippen LogP contribution in [0.25, 0.3) is 0 Å². The zero-order chi connectivity index (χ0) is 15.8. The van der Waals surface area contributed by atoms with Crippen molar-refractivity contribution in [3.05, 3.63) is 33.5 Å². The molecule has 0 fully saturated rings. The molecule has 1 aromatic heterocycles. The van der Waals surface area contributed by atoms with Gasteiger partial charge in [0.05, 0.1) is 13.2 Å². The summed E-state index contributed by atoms with van der Waals surface area (Å²) in [5, 5.41) is 6.86. The third kappa shape index (κ3) is 7.67. The number of aliphatic imine (C=N–C) groups is 1. The molecule has 2 heterocycles. The number of thiophene rings is 1. The zero-order valence-electron chi connectivity index (χ0n) is 14.2. The van der Waals surface area contributed by atoms with E-state index in [0.717, 1.165) is 45.0 Å². The van der Waals surface area contributed by atoms with E-state index in [1.54, 1.807) is 0 Å². The van der Waals surface area contributed by atoms with Gasteiger partial charge in [0.2, 0.25) is 0 Å². The Kier molecular flexibility index (Phi) is 9.81. The van der Waals surface area contributed by atoms with Gasteiger partial charge in [0.15, 0.2) is 5.96 Å². The Morgan fingerprint density at radius 2 is 2.26 bits per heavy atom. The van der Waals surface area contributed by atoms with Gasteiger partial charge in [0.1, 0.15) is 0 Å². The number of ether oxygens (including phenoxy) is 1. The van der Waals surface area contributed by atoms with Crippen LogP contribution in [0.4, 0.5) is 0 Å². The van der Waals surface area contributed by atoms with E-state index in [4.69, 9.17) is 4.74 Å². The monoisotopic (exact) mass is 449 g/mol. The number of halogens is 1. The Labute approximate surface area is 160 Å². The quantitative estimate of drug-likeness (QED) is 0.303. The molecule has 0 aliphatic carbocycles. The molecule has 1 atom stereocenters. The largest absolute Gasteiger partial charge is 0.377 e. The number of aryl methyl sites for hydroxylation is 1. The number of nitrogens with one attached hydrogen (secondary N) is 2. The first kappa shape index (κ1) is 20.4. The maximum Gasteiger partial charge on any atom is 0.191 e. The molecule has 0 aromatic carbocycles. The minimum atomic E-state index is 0. The van der Waals surface area contributed by atoms with E-state index in [9.17, 15) is 0 Å². The fourth-order valence-electron chi connectivity index (χ4n) is 2.51. The second-order valence-corrected chi connectivity index (χ2v) is 7.07. The van der Waals surface area contributed by atoms with Crippen LogP contribution < -0.4 is 10.6 Å². The minimum Gasteiger partial charge on any atom is -0.377 e. The standard InChI is InChI=1S/C17H27N3OS.HI/c1-13(12-16-5-4-14(2)22-16)20-17(18-3)19-9-6-15-7-10-21-11-8-15;/h4-5,7,13H,6,8-12H2,1-3H3,(H2,18,19,20);1H. The van der Waals surface area contributed by atoms with Crippen molar-refractivity contribution in [2.45, 2.75) is 39.2 Å². The Bertz CT molecular complexity index is 528. The van der Waals surface area contributed by atoms with Crippen molar-refractivity contribution in [1.29, 1.82) is 0 Å². The van der Waals surface area contributed by atoms with Crippen LogP contribution in [0.5, 0.6) is 0 Å². The van der Waals surface area contributed by atoms with Gasteiger partial charge in [-0.25, -0.2) is 0 Å². The highest BCUT2D eigenvalue weighted by Crippen LogP contribution is 2.16. The summed E-state index contributed by atoms with van der Waals surface area (Å²) in [7, 11) is 1.82. The predicted octanol–water partition coefficient (Wildman–Crippen LogP) is 3.51. The summed E-state index contributed by atoms with van der Waals surface area (Å²) in [5.41, 5.74) is 1.48. The maximum absolute atomic E-state index is 5.33. The average molecular weight is 449 g/mol. The van der Waals surface area contributed by atoms with Crippen molar-refractivity contribution in [2.24, 2.45) is 4.99 Å². The number of hydrogen-bond donors (Lipinski definition) is 2. The molecule has 0 saturated carbocycles. The minimum absolute atomic E-state index is 0. The molecule has 1 unspecified atom stereocenters. The van der Waals surface area contributed by atoms with E-state index in [1.807, 2.05) is 18.4 Å². The second-order valence-electron chi connectivity index (χ2n) is 5.70. The summed E-state index contributed by atoms with van der Waals surface area (Å²) in [6.07, 6.45) is 5.34. The lowest BCUT2D eigenvalue weighted by atomic mass is 10.1. The summed E-state index contributed by atoms with van der Waals surface area (Å²) in [5.74, 6) is 0.883. The highest BCUT2D eigenvalue weighted by molar-refractivity contribution is 14.0. The summed E-state index contributed by atoms with van der Waals surface area (Å²) >= 11 is 1.87. The van der Waals surface area contributed by atoms with E-state index in [0.29, 0.717) is 6.04 Å². The molecule has 23 heavy (non-hydrogen) atoms. The normalized spacial score (nSPS) is 16.3. The molecule has 4 nitrogen and oxygen atoms in total. The smallest absolute Gasteiger partial charge is 0.191 e. The lowest BCUT2D eigenvalue weighted by Gasteiger charge is -2.18. The van der Waals surface area contributed by atoms with Crippen molar-refractivity contribution < 1.29 is 4.74 Å². The summed E-state index contributed by atoms with van der Waals surface area (Å²) in [4.78, 5) is 7.10. The van der Waals surface area contributed by atoms with Crippen molar-refractivity contribution in [2.75, 3.05) is 26.8 Å². The molecule has 0 radical (unpaired) electrons. The Morgan fingerprint density at radius 1 is 1.43 bits per heavy atom. The van der Waals surface area contributed by atoms with Crippen molar-refractivity contribution in [3.63, 3.8) is 0 Å². The zero-order valence-corrected chi connectivity index (χ0v) is 17.4. The van der Waals surface area contributed by atoms with Gasteiger partial charge in [-0.1, -0.05) is 11.6 Å². The number of guanidine groups is 1. The first-order valence-electron chi connectivity index (χ1n) is 7.95. The average Bonchev–Trinajstić information content (AvgIpc) is 2.92. The van der Waals surface area contributed by atoms with Crippen LogP contribution in [0, 0.1) is 6.92 Å². The van der Waals surface area contributed by atoms with Crippen LogP contribution in [0.2, 0.25) is 0 Å². The third-order valence-corrected chi connectivity index (χ3v) is 4.73. The molecule has 0 spiro atoms. The topological polar surface area (TPSA) is 45.7 Å². The fourth-order valence-corrected chi connectivity index (χ4v) is 3.53. The van der Waals surface area contributed by atoms with Gasteiger partial charge in [0, 0.05) is 35.8 Å².